The van der Waals surface area contributed by atoms with E-state index in [2.05, 4.69) is 28.1 Å². The molecule has 18 heavy (non-hydrogen) atoms. The van der Waals surface area contributed by atoms with Crippen molar-refractivity contribution in [3.05, 3.63) is 45.1 Å². The molecule has 1 aliphatic rings. The molecule has 1 aromatic rings. The fourth-order valence-electron chi connectivity index (χ4n) is 2.36. The van der Waals surface area contributed by atoms with Crippen LogP contribution in [0.1, 0.15) is 24.1 Å². The van der Waals surface area contributed by atoms with Gasteiger partial charge in [0.1, 0.15) is 0 Å². The third-order valence-electron chi connectivity index (χ3n) is 3.33. The minimum absolute atomic E-state index is 0.0417. The maximum Gasteiger partial charge on any atom is 0.306 e. The first-order chi connectivity index (χ1) is 8.59. The van der Waals surface area contributed by atoms with E-state index in [1.165, 1.54) is 0 Å². The van der Waals surface area contributed by atoms with Gasteiger partial charge < -0.3 is 5.11 Å². The zero-order chi connectivity index (χ0) is 13.1. The highest BCUT2D eigenvalue weighted by atomic mass is 79.9. The number of carboxylic acids is 1. The lowest BCUT2D eigenvalue weighted by Gasteiger charge is -2.27. The summed E-state index contributed by atoms with van der Waals surface area (Å²) in [5.41, 5.74) is 0. The van der Waals surface area contributed by atoms with Gasteiger partial charge in [-0.1, -0.05) is 31.2 Å². The summed E-state index contributed by atoms with van der Waals surface area (Å²) < 4.78 is 1.05. The Morgan fingerprint density at radius 3 is 2.78 bits per heavy atom. The molecule has 0 fully saturated rings. The SMILES string of the molecule is C[C@@H](C(=O)O)[C@@H](c1ccc(Br)s1)C1C=CC=CC1. The largest absolute Gasteiger partial charge is 0.481 e. The molecule has 1 heterocycles. The minimum Gasteiger partial charge on any atom is -0.481 e. The molecule has 0 spiro atoms. The molecule has 0 saturated heterocycles. The van der Waals surface area contributed by atoms with Crippen LogP contribution >= 0.6 is 27.3 Å². The van der Waals surface area contributed by atoms with E-state index in [0.29, 0.717) is 0 Å². The zero-order valence-corrected chi connectivity index (χ0v) is 12.4. The average molecular weight is 327 g/mol. The van der Waals surface area contributed by atoms with E-state index < -0.39 is 5.97 Å². The zero-order valence-electron chi connectivity index (χ0n) is 10.0. The number of halogens is 1. The van der Waals surface area contributed by atoms with Crippen molar-refractivity contribution >= 4 is 33.2 Å². The molecule has 1 aromatic heterocycles. The Bertz CT molecular complexity index is 490. The third-order valence-corrected chi connectivity index (χ3v) is 5.05. The van der Waals surface area contributed by atoms with E-state index in [1.807, 2.05) is 24.3 Å². The number of aliphatic carboxylic acids is 1. The van der Waals surface area contributed by atoms with E-state index in [9.17, 15) is 9.90 Å². The van der Waals surface area contributed by atoms with Gasteiger partial charge in [0.05, 0.1) is 9.70 Å². The van der Waals surface area contributed by atoms with Crippen LogP contribution in [0.4, 0.5) is 0 Å². The van der Waals surface area contributed by atoms with Crippen molar-refractivity contribution in [2.24, 2.45) is 11.8 Å². The lowest BCUT2D eigenvalue weighted by atomic mass is 9.78. The number of carbonyl (C=O) groups is 1. The van der Waals surface area contributed by atoms with Crippen LogP contribution in [0.25, 0.3) is 0 Å². The quantitative estimate of drug-likeness (QED) is 0.887. The van der Waals surface area contributed by atoms with Gasteiger partial charge in [0, 0.05) is 10.8 Å². The lowest BCUT2D eigenvalue weighted by Crippen LogP contribution is -2.24. The van der Waals surface area contributed by atoms with E-state index >= 15 is 0 Å². The summed E-state index contributed by atoms with van der Waals surface area (Å²) in [5.74, 6) is -0.796. The fourth-order valence-corrected chi connectivity index (χ4v) is 4.06. The molecule has 0 aliphatic heterocycles. The third kappa shape index (κ3) is 2.93. The van der Waals surface area contributed by atoms with Gasteiger partial charge in [0.2, 0.25) is 0 Å². The van der Waals surface area contributed by atoms with Crippen LogP contribution in [0.2, 0.25) is 0 Å². The standard InChI is InChI=1S/C14H15BrO2S/c1-9(14(16)17)13(10-5-3-2-4-6-10)11-7-8-12(15)18-11/h2-5,7-10,13H,6H2,1H3,(H,16,17)/t9-,10?,13-/m1/s1. The fraction of sp³-hybridized carbons (Fsp3) is 0.357. The van der Waals surface area contributed by atoms with Crippen LogP contribution < -0.4 is 0 Å². The first-order valence-electron chi connectivity index (χ1n) is 5.91. The smallest absolute Gasteiger partial charge is 0.306 e. The molecule has 0 saturated carbocycles. The van der Waals surface area contributed by atoms with Gasteiger partial charge in [-0.2, -0.15) is 0 Å². The van der Waals surface area contributed by atoms with E-state index in [-0.39, 0.29) is 17.8 Å². The predicted octanol–water partition coefficient (Wildman–Crippen LogP) is 4.45. The van der Waals surface area contributed by atoms with Crippen molar-refractivity contribution in [2.45, 2.75) is 19.3 Å². The Morgan fingerprint density at radius 1 is 1.50 bits per heavy atom. The van der Waals surface area contributed by atoms with Crippen LogP contribution in [0, 0.1) is 11.8 Å². The van der Waals surface area contributed by atoms with Crippen molar-refractivity contribution in [3.63, 3.8) is 0 Å². The highest BCUT2D eigenvalue weighted by Gasteiger charge is 2.32. The first-order valence-corrected chi connectivity index (χ1v) is 7.52. The highest BCUT2D eigenvalue weighted by molar-refractivity contribution is 9.11. The Hall–Kier alpha value is -0.870. The van der Waals surface area contributed by atoms with Gasteiger partial charge in [0.25, 0.3) is 0 Å². The number of carboxylic acid groups (broad SMARTS) is 1. The maximum atomic E-state index is 11.3. The van der Waals surface area contributed by atoms with Crippen LogP contribution in [0.3, 0.4) is 0 Å². The van der Waals surface area contributed by atoms with Crippen molar-refractivity contribution in [3.8, 4) is 0 Å². The number of hydrogen-bond donors (Lipinski definition) is 1. The molecule has 0 bridgehead atoms. The minimum atomic E-state index is -0.729. The summed E-state index contributed by atoms with van der Waals surface area (Å²) in [5, 5.41) is 9.30. The van der Waals surface area contributed by atoms with E-state index in [0.717, 1.165) is 15.1 Å². The van der Waals surface area contributed by atoms with Gasteiger partial charge in [-0.15, -0.1) is 11.3 Å². The van der Waals surface area contributed by atoms with Crippen LogP contribution in [0.5, 0.6) is 0 Å². The lowest BCUT2D eigenvalue weighted by molar-refractivity contribution is -0.142. The first kappa shape index (κ1) is 13.6. The molecule has 2 nitrogen and oxygen atoms in total. The maximum absolute atomic E-state index is 11.3. The monoisotopic (exact) mass is 326 g/mol. The van der Waals surface area contributed by atoms with E-state index in [4.69, 9.17) is 0 Å². The molecule has 4 heteroatoms. The van der Waals surface area contributed by atoms with Gasteiger partial charge in [-0.3, -0.25) is 4.79 Å². The number of hydrogen-bond acceptors (Lipinski definition) is 2. The molecule has 2 rings (SSSR count). The molecular weight excluding hydrogens is 312 g/mol. The van der Waals surface area contributed by atoms with Crippen LogP contribution in [-0.2, 0) is 4.79 Å². The summed E-state index contributed by atoms with van der Waals surface area (Å²) >= 11 is 5.08. The number of rotatable bonds is 4. The second kappa shape index (κ2) is 5.85. The van der Waals surface area contributed by atoms with Crippen molar-refractivity contribution in [1.82, 2.24) is 0 Å². The van der Waals surface area contributed by atoms with Gasteiger partial charge >= 0.3 is 5.97 Å². The Labute approximate surface area is 119 Å². The molecule has 0 amide bonds. The second-order valence-electron chi connectivity index (χ2n) is 4.51. The normalized spacial score (nSPS) is 21.8. The van der Waals surface area contributed by atoms with Crippen LogP contribution in [0.15, 0.2) is 40.2 Å². The second-order valence-corrected chi connectivity index (χ2v) is 7.00. The van der Waals surface area contributed by atoms with Gasteiger partial charge in [-0.05, 0) is 40.4 Å². The Kier molecular flexibility index (Phi) is 4.40. The summed E-state index contributed by atoms with van der Waals surface area (Å²) in [4.78, 5) is 12.5. The topological polar surface area (TPSA) is 37.3 Å². The summed E-state index contributed by atoms with van der Waals surface area (Å²) in [7, 11) is 0. The summed E-state index contributed by atoms with van der Waals surface area (Å²) in [6.07, 6.45) is 9.17. The molecule has 3 atom stereocenters. The Morgan fingerprint density at radius 2 is 2.28 bits per heavy atom. The van der Waals surface area contributed by atoms with Gasteiger partial charge in [-0.25, -0.2) is 0 Å². The van der Waals surface area contributed by atoms with Gasteiger partial charge in [0.15, 0.2) is 0 Å². The van der Waals surface area contributed by atoms with Crippen molar-refractivity contribution in [2.75, 3.05) is 0 Å². The molecule has 1 aliphatic carbocycles. The molecule has 96 valence electrons. The Balaban J connectivity index is 2.31. The molecule has 0 aromatic carbocycles. The summed E-state index contributed by atoms with van der Waals surface area (Å²) in [6.45, 7) is 1.80. The summed E-state index contributed by atoms with van der Waals surface area (Å²) in [6, 6.07) is 4.02. The highest BCUT2D eigenvalue weighted by Crippen LogP contribution is 2.40. The van der Waals surface area contributed by atoms with Crippen molar-refractivity contribution in [1.29, 1.82) is 0 Å². The van der Waals surface area contributed by atoms with E-state index in [1.54, 1.807) is 18.3 Å². The molecule has 1 N–H and O–H groups in total. The molecular formula is C14H15BrO2S. The number of allylic oxidation sites excluding steroid dienone is 4. The average Bonchev–Trinajstić information content (AvgIpc) is 2.77. The predicted molar refractivity (Wildman–Crippen MR) is 77.9 cm³/mol. The molecule has 0 radical (unpaired) electrons. The van der Waals surface area contributed by atoms with Crippen LogP contribution in [-0.4, -0.2) is 11.1 Å². The number of thiophene rings is 1. The molecule has 1 unspecified atom stereocenters. The van der Waals surface area contributed by atoms with Crippen molar-refractivity contribution < 1.29 is 9.90 Å².